The number of anilines is 1. The number of fused-ring (bicyclic) bond motifs is 1. The first kappa shape index (κ1) is 16.7. The SMILES string of the molecule is CCOc1ccc(CCNC(=O)c2nc(N)nc3ccccc23)cc1. The Balaban J connectivity index is 1.65. The van der Waals surface area contributed by atoms with Crippen LogP contribution in [0.1, 0.15) is 23.0 Å². The van der Waals surface area contributed by atoms with E-state index >= 15 is 0 Å². The first-order valence-electron chi connectivity index (χ1n) is 8.19. The van der Waals surface area contributed by atoms with Crippen molar-refractivity contribution >= 4 is 22.8 Å². The maximum absolute atomic E-state index is 12.5. The van der Waals surface area contributed by atoms with Crippen molar-refractivity contribution in [2.24, 2.45) is 0 Å². The largest absolute Gasteiger partial charge is 0.494 e. The molecule has 0 saturated heterocycles. The number of hydrogen-bond donors (Lipinski definition) is 2. The molecule has 0 fully saturated rings. The summed E-state index contributed by atoms with van der Waals surface area (Å²) in [5.41, 5.74) is 7.79. The minimum Gasteiger partial charge on any atom is -0.494 e. The zero-order valence-electron chi connectivity index (χ0n) is 14.0. The Morgan fingerprint density at radius 1 is 1.12 bits per heavy atom. The molecule has 0 aliphatic heterocycles. The second-order valence-corrected chi connectivity index (χ2v) is 5.53. The van der Waals surface area contributed by atoms with Crippen LogP contribution >= 0.6 is 0 Å². The Hall–Kier alpha value is -3.15. The predicted octanol–water partition coefficient (Wildman–Crippen LogP) is 2.58. The lowest BCUT2D eigenvalue weighted by molar-refractivity contribution is 0.0951. The molecule has 3 rings (SSSR count). The van der Waals surface area contributed by atoms with Crippen LogP contribution in [-0.2, 0) is 6.42 Å². The van der Waals surface area contributed by atoms with Gasteiger partial charge in [0.25, 0.3) is 5.91 Å². The number of nitrogens with zero attached hydrogens (tertiary/aromatic N) is 2. The van der Waals surface area contributed by atoms with E-state index in [1.54, 1.807) is 0 Å². The van der Waals surface area contributed by atoms with Crippen molar-refractivity contribution in [1.82, 2.24) is 15.3 Å². The van der Waals surface area contributed by atoms with Crippen LogP contribution in [-0.4, -0.2) is 29.0 Å². The van der Waals surface area contributed by atoms with Crippen LogP contribution in [0.25, 0.3) is 10.9 Å². The maximum Gasteiger partial charge on any atom is 0.270 e. The molecular formula is C19H20N4O2. The van der Waals surface area contributed by atoms with E-state index in [-0.39, 0.29) is 11.9 Å². The van der Waals surface area contributed by atoms with Crippen LogP contribution in [0.15, 0.2) is 48.5 Å². The first-order chi connectivity index (χ1) is 12.2. The highest BCUT2D eigenvalue weighted by atomic mass is 16.5. The maximum atomic E-state index is 12.5. The van der Waals surface area contributed by atoms with Gasteiger partial charge in [-0.3, -0.25) is 4.79 Å². The fourth-order valence-electron chi connectivity index (χ4n) is 2.59. The molecule has 0 atom stereocenters. The highest BCUT2D eigenvalue weighted by Crippen LogP contribution is 2.16. The molecule has 3 aromatic rings. The van der Waals surface area contributed by atoms with Gasteiger partial charge in [-0.15, -0.1) is 0 Å². The molecule has 6 heteroatoms. The van der Waals surface area contributed by atoms with E-state index in [4.69, 9.17) is 10.5 Å². The number of carbonyl (C=O) groups excluding carboxylic acids is 1. The number of nitrogens with two attached hydrogens (primary N) is 1. The zero-order chi connectivity index (χ0) is 17.6. The summed E-state index contributed by atoms with van der Waals surface area (Å²) in [6.45, 7) is 3.10. The average molecular weight is 336 g/mol. The summed E-state index contributed by atoms with van der Waals surface area (Å²) in [5, 5.41) is 3.58. The molecule has 0 unspecified atom stereocenters. The van der Waals surface area contributed by atoms with Crippen molar-refractivity contribution in [3.8, 4) is 5.75 Å². The standard InChI is InChI=1S/C19H20N4O2/c1-2-25-14-9-7-13(8-10-14)11-12-21-18(24)17-15-5-3-4-6-16(15)22-19(20)23-17/h3-10H,2,11-12H2,1H3,(H,21,24)(H2,20,22,23). The van der Waals surface area contributed by atoms with Crippen LogP contribution in [0.2, 0.25) is 0 Å². The summed E-state index contributed by atoms with van der Waals surface area (Å²) in [7, 11) is 0. The lowest BCUT2D eigenvalue weighted by atomic mass is 10.1. The fraction of sp³-hybridized carbons (Fsp3) is 0.211. The van der Waals surface area contributed by atoms with Gasteiger partial charge in [0.1, 0.15) is 11.4 Å². The van der Waals surface area contributed by atoms with Crippen molar-refractivity contribution in [2.75, 3.05) is 18.9 Å². The van der Waals surface area contributed by atoms with Gasteiger partial charge in [0, 0.05) is 11.9 Å². The minimum absolute atomic E-state index is 0.0929. The molecule has 2 aromatic carbocycles. The third-order valence-corrected chi connectivity index (χ3v) is 3.77. The van der Waals surface area contributed by atoms with E-state index in [0.29, 0.717) is 29.7 Å². The molecule has 1 heterocycles. The van der Waals surface area contributed by atoms with Gasteiger partial charge in [-0.2, -0.15) is 0 Å². The highest BCUT2D eigenvalue weighted by Gasteiger charge is 2.13. The summed E-state index contributed by atoms with van der Waals surface area (Å²) in [6, 6.07) is 15.2. The van der Waals surface area contributed by atoms with Gasteiger partial charge in [0.05, 0.1) is 12.1 Å². The molecule has 128 valence electrons. The molecule has 0 aliphatic rings. The lowest BCUT2D eigenvalue weighted by Gasteiger charge is -2.08. The van der Waals surface area contributed by atoms with Crippen molar-refractivity contribution in [2.45, 2.75) is 13.3 Å². The van der Waals surface area contributed by atoms with Crippen LogP contribution in [0, 0.1) is 0 Å². The van der Waals surface area contributed by atoms with Crippen LogP contribution in [0.5, 0.6) is 5.75 Å². The van der Waals surface area contributed by atoms with E-state index < -0.39 is 0 Å². The summed E-state index contributed by atoms with van der Waals surface area (Å²) in [4.78, 5) is 20.7. The number of nitrogen functional groups attached to an aromatic ring is 1. The number of ether oxygens (including phenoxy) is 1. The number of hydrogen-bond acceptors (Lipinski definition) is 5. The zero-order valence-corrected chi connectivity index (χ0v) is 14.0. The average Bonchev–Trinajstić information content (AvgIpc) is 2.62. The molecule has 0 bridgehead atoms. The number of amides is 1. The molecular weight excluding hydrogens is 316 g/mol. The van der Waals surface area contributed by atoms with E-state index in [1.165, 1.54) is 0 Å². The number of aromatic nitrogens is 2. The van der Waals surface area contributed by atoms with Gasteiger partial charge in [0.15, 0.2) is 0 Å². The Labute approximate surface area is 146 Å². The number of nitrogens with one attached hydrogen (secondary N) is 1. The number of rotatable bonds is 6. The molecule has 0 radical (unpaired) electrons. The molecule has 3 N–H and O–H groups in total. The Morgan fingerprint density at radius 2 is 1.88 bits per heavy atom. The van der Waals surface area contributed by atoms with Crippen molar-refractivity contribution in [3.63, 3.8) is 0 Å². The molecule has 0 saturated carbocycles. The van der Waals surface area contributed by atoms with Gasteiger partial charge < -0.3 is 15.8 Å². The normalized spacial score (nSPS) is 10.6. The van der Waals surface area contributed by atoms with Crippen LogP contribution in [0.3, 0.4) is 0 Å². The molecule has 6 nitrogen and oxygen atoms in total. The molecule has 0 aliphatic carbocycles. The predicted molar refractivity (Wildman–Crippen MR) is 97.6 cm³/mol. The second-order valence-electron chi connectivity index (χ2n) is 5.53. The number of para-hydroxylation sites is 1. The van der Waals surface area contributed by atoms with E-state index in [9.17, 15) is 4.79 Å². The van der Waals surface area contributed by atoms with E-state index in [0.717, 1.165) is 17.7 Å². The van der Waals surface area contributed by atoms with Gasteiger partial charge in [-0.25, -0.2) is 9.97 Å². The van der Waals surface area contributed by atoms with E-state index in [2.05, 4.69) is 15.3 Å². The molecule has 0 spiro atoms. The van der Waals surface area contributed by atoms with Crippen molar-refractivity contribution in [1.29, 1.82) is 0 Å². The number of benzene rings is 2. The van der Waals surface area contributed by atoms with Gasteiger partial charge in [-0.05, 0) is 37.1 Å². The Morgan fingerprint density at radius 3 is 2.64 bits per heavy atom. The number of carbonyl (C=O) groups is 1. The van der Waals surface area contributed by atoms with Crippen LogP contribution < -0.4 is 15.8 Å². The van der Waals surface area contributed by atoms with Crippen LogP contribution in [0.4, 0.5) is 5.95 Å². The van der Waals surface area contributed by atoms with E-state index in [1.807, 2.05) is 55.5 Å². The van der Waals surface area contributed by atoms with Gasteiger partial charge in [-0.1, -0.05) is 30.3 Å². The molecule has 1 amide bonds. The fourth-order valence-corrected chi connectivity index (χ4v) is 2.59. The topological polar surface area (TPSA) is 90.1 Å². The highest BCUT2D eigenvalue weighted by molar-refractivity contribution is 6.04. The van der Waals surface area contributed by atoms with Gasteiger partial charge >= 0.3 is 0 Å². The quantitative estimate of drug-likeness (QED) is 0.722. The van der Waals surface area contributed by atoms with Crippen molar-refractivity contribution in [3.05, 3.63) is 59.8 Å². The van der Waals surface area contributed by atoms with Gasteiger partial charge in [0.2, 0.25) is 5.95 Å². The second kappa shape index (κ2) is 7.61. The summed E-state index contributed by atoms with van der Waals surface area (Å²) in [6.07, 6.45) is 0.719. The summed E-state index contributed by atoms with van der Waals surface area (Å²) < 4.78 is 5.42. The molecule has 1 aromatic heterocycles. The third kappa shape index (κ3) is 4.03. The third-order valence-electron chi connectivity index (χ3n) is 3.77. The summed E-state index contributed by atoms with van der Waals surface area (Å²) >= 11 is 0. The Bertz CT molecular complexity index is 878. The first-order valence-corrected chi connectivity index (χ1v) is 8.19. The Kier molecular flexibility index (Phi) is 5.09. The monoisotopic (exact) mass is 336 g/mol. The van der Waals surface area contributed by atoms with Crippen molar-refractivity contribution < 1.29 is 9.53 Å². The summed E-state index contributed by atoms with van der Waals surface area (Å²) in [5.74, 6) is 0.685. The smallest absolute Gasteiger partial charge is 0.270 e. The minimum atomic E-state index is -0.253. The lowest BCUT2D eigenvalue weighted by Crippen LogP contribution is -2.27. The molecule has 25 heavy (non-hydrogen) atoms.